The molecular weight excluding hydrogens is 304 g/mol. The Morgan fingerprint density at radius 1 is 0.917 bits per heavy atom. The normalized spacial score (nSPS) is 10.0. The summed E-state index contributed by atoms with van der Waals surface area (Å²) in [5.74, 6) is -1.02. The molecule has 4 heteroatoms. The van der Waals surface area contributed by atoms with Crippen LogP contribution in [0.2, 0.25) is 0 Å². The number of rotatable bonds is 14. The molecule has 0 aliphatic rings. The number of carbonyl (C=O) groups is 2. The van der Waals surface area contributed by atoms with Crippen molar-refractivity contribution in [3.63, 3.8) is 0 Å². The molecule has 0 amide bonds. The van der Waals surface area contributed by atoms with Crippen LogP contribution in [0.15, 0.2) is 12.7 Å². The number of carboxylic acids is 1. The van der Waals surface area contributed by atoms with E-state index in [0.29, 0.717) is 6.42 Å². The maximum absolute atomic E-state index is 11.3. The van der Waals surface area contributed by atoms with Gasteiger partial charge in [-0.1, -0.05) is 77.7 Å². The highest BCUT2D eigenvalue weighted by molar-refractivity contribution is 5.78. The Morgan fingerprint density at radius 3 is 1.62 bits per heavy atom. The van der Waals surface area contributed by atoms with Crippen LogP contribution in [-0.2, 0) is 14.3 Å². The van der Waals surface area contributed by atoms with Gasteiger partial charge >= 0.3 is 11.9 Å². The van der Waals surface area contributed by atoms with Crippen molar-refractivity contribution >= 4 is 11.9 Å². The molecule has 0 heterocycles. The zero-order valence-corrected chi connectivity index (χ0v) is 16.0. The molecule has 1 N–H and O–H groups in total. The van der Waals surface area contributed by atoms with Gasteiger partial charge in [0, 0.05) is 12.5 Å². The van der Waals surface area contributed by atoms with E-state index in [1.165, 1.54) is 64.2 Å². The molecule has 0 rings (SSSR count). The molecule has 0 atom stereocenters. The number of aliphatic carboxylic acids is 1. The lowest BCUT2D eigenvalue weighted by molar-refractivity contribution is -0.147. The van der Waals surface area contributed by atoms with Gasteiger partial charge in [-0.05, 0) is 20.3 Å². The molecule has 0 bridgehead atoms. The predicted molar refractivity (Wildman–Crippen MR) is 100 cm³/mol. The number of carboxylic acid groups (broad SMARTS) is 1. The summed E-state index contributed by atoms with van der Waals surface area (Å²) in [6.45, 7) is 9.02. The average molecular weight is 343 g/mol. The maximum Gasteiger partial charge on any atom is 0.327 e. The summed E-state index contributed by atoms with van der Waals surface area (Å²) in [6.07, 6.45) is 15.9. The topological polar surface area (TPSA) is 63.6 Å². The van der Waals surface area contributed by atoms with E-state index in [2.05, 4.69) is 13.5 Å². The van der Waals surface area contributed by atoms with Gasteiger partial charge in [-0.25, -0.2) is 4.79 Å². The minimum Gasteiger partial charge on any atom is -0.478 e. The SMILES string of the molecule is C=CC(=O)O.CCCCCCCCCCCCCC(=O)OC(C)C. The summed E-state index contributed by atoms with van der Waals surface area (Å²) < 4.78 is 5.10. The van der Waals surface area contributed by atoms with Crippen molar-refractivity contribution in [2.75, 3.05) is 0 Å². The van der Waals surface area contributed by atoms with Gasteiger partial charge in [0.25, 0.3) is 0 Å². The van der Waals surface area contributed by atoms with Crippen LogP contribution in [0.4, 0.5) is 0 Å². The second kappa shape index (κ2) is 19.7. The highest BCUT2D eigenvalue weighted by atomic mass is 16.5. The lowest BCUT2D eigenvalue weighted by atomic mass is 10.1. The quantitative estimate of drug-likeness (QED) is 0.243. The van der Waals surface area contributed by atoms with Crippen LogP contribution in [0.25, 0.3) is 0 Å². The number of ether oxygens (including phenoxy) is 1. The highest BCUT2D eigenvalue weighted by Crippen LogP contribution is 2.12. The Labute approximate surface area is 148 Å². The zero-order valence-electron chi connectivity index (χ0n) is 16.0. The minimum absolute atomic E-state index is 0.0280. The van der Waals surface area contributed by atoms with E-state index in [1.54, 1.807) is 0 Å². The zero-order chi connectivity index (χ0) is 18.6. The molecule has 0 spiro atoms. The van der Waals surface area contributed by atoms with E-state index in [-0.39, 0.29) is 12.1 Å². The molecular formula is C20H38O4. The molecule has 0 aromatic heterocycles. The Bertz CT molecular complexity index is 311. The minimum atomic E-state index is -0.981. The lowest BCUT2D eigenvalue weighted by Crippen LogP contribution is -2.10. The molecule has 0 aromatic rings. The largest absolute Gasteiger partial charge is 0.478 e. The fraction of sp³-hybridized carbons (Fsp3) is 0.800. The molecule has 0 saturated carbocycles. The number of carbonyl (C=O) groups excluding carboxylic acids is 1. The number of hydrogen-bond acceptors (Lipinski definition) is 3. The third-order valence-corrected chi connectivity index (χ3v) is 3.53. The second-order valence-corrected chi connectivity index (χ2v) is 6.37. The van der Waals surface area contributed by atoms with E-state index in [1.807, 2.05) is 13.8 Å². The Hall–Kier alpha value is -1.32. The van der Waals surface area contributed by atoms with Gasteiger partial charge in [-0.3, -0.25) is 4.79 Å². The van der Waals surface area contributed by atoms with Crippen molar-refractivity contribution < 1.29 is 19.4 Å². The highest BCUT2D eigenvalue weighted by Gasteiger charge is 2.04. The molecule has 0 radical (unpaired) electrons. The molecule has 0 saturated heterocycles. The number of hydrogen-bond donors (Lipinski definition) is 1. The van der Waals surface area contributed by atoms with Crippen LogP contribution in [0.1, 0.15) is 97.8 Å². The molecule has 0 aliphatic heterocycles. The van der Waals surface area contributed by atoms with Crippen molar-refractivity contribution in [1.82, 2.24) is 0 Å². The first-order valence-electron chi connectivity index (χ1n) is 9.48. The van der Waals surface area contributed by atoms with Gasteiger partial charge in [-0.2, -0.15) is 0 Å². The van der Waals surface area contributed by atoms with Crippen molar-refractivity contribution in [1.29, 1.82) is 0 Å². The first kappa shape index (κ1) is 24.9. The van der Waals surface area contributed by atoms with E-state index in [9.17, 15) is 9.59 Å². The molecule has 0 aliphatic carbocycles. The Morgan fingerprint density at radius 2 is 1.29 bits per heavy atom. The third-order valence-electron chi connectivity index (χ3n) is 3.53. The maximum atomic E-state index is 11.3. The average Bonchev–Trinajstić information content (AvgIpc) is 2.52. The Kier molecular flexibility index (Phi) is 20.5. The van der Waals surface area contributed by atoms with Gasteiger partial charge in [0.1, 0.15) is 0 Å². The van der Waals surface area contributed by atoms with Crippen molar-refractivity contribution in [3.05, 3.63) is 12.7 Å². The van der Waals surface area contributed by atoms with Crippen molar-refractivity contribution in [2.24, 2.45) is 0 Å². The smallest absolute Gasteiger partial charge is 0.327 e. The van der Waals surface area contributed by atoms with Crippen LogP contribution in [0, 0.1) is 0 Å². The molecule has 4 nitrogen and oxygen atoms in total. The second-order valence-electron chi connectivity index (χ2n) is 6.37. The van der Waals surface area contributed by atoms with Crippen LogP contribution in [-0.4, -0.2) is 23.1 Å². The van der Waals surface area contributed by atoms with Crippen LogP contribution in [0.5, 0.6) is 0 Å². The van der Waals surface area contributed by atoms with Crippen molar-refractivity contribution in [2.45, 2.75) is 104 Å². The van der Waals surface area contributed by atoms with Gasteiger partial charge in [0.05, 0.1) is 6.10 Å². The fourth-order valence-corrected chi connectivity index (χ4v) is 2.26. The first-order chi connectivity index (χ1) is 11.4. The summed E-state index contributed by atoms with van der Waals surface area (Å²) in [5, 5.41) is 7.60. The van der Waals surface area contributed by atoms with Gasteiger partial charge in [0.2, 0.25) is 0 Å². The van der Waals surface area contributed by atoms with Crippen LogP contribution >= 0.6 is 0 Å². The van der Waals surface area contributed by atoms with Crippen LogP contribution < -0.4 is 0 Å². The van der Waals surface area contributed by atoms with E-state index in [4.69, 9.17) is 9.84 Å². The molecule has 24 heavy (non-hydrogen) atoms. The van der Waals surface area contributed by atoms with Crippen LogP contribution in [0.3, 0.4) is 0 Å². The summed E-state index contributed by atoms with van der Waals surface area (Å²) in [6, 6.07) is 0. The van der Waals surface area contributed by atoms with Crippen molar-refractivity contribution in [3.8, 4) is 0 Å². The summed E-state index contributed by atoms with van der Waals surface area (Å²) in [4.78, 5) is 20.5. The van der Waals surface area contributed by atoms with E-state index in [0.717, 1.165) is 12.5 Å². The van der Waals surface area contributed by atoms with Gasteiger partial charge in [0.15, 0.2) is 0 Å². The molecule has 0 fully saturated rings. The summed E-state index contributed by atoms with van der Waals surface area (Å²) in [7, 11) is 0. The molecule has 0 aromatic carbocycles. The monoisotopic (exact) mass is 342 g/mol. The standard InChI is InChI=1S/C17H34O2.C3H4O2/c1-4-5-6-7-8-9-10-11-12-13-14-15-17(18)19-16(2)3;1-2-3(4)5/h16H,4-15H2,1-3H3;2H,1H2,(H,4,5). The number of esters is 1. The first-order valence-corrected chi connectivity index (χ1v) is 9.48. The molecule has 0 unspecified atom stereocenters. The van der Waals surface area contributed by atoms with Gasteiger partial charge < -0.3 is 9.84 Å². The van der Waals surface area contributed by atoms with E-state index >= 15 is 0 Å². The molecule has 142 valence electrons. The van der Waals surface area contributed by atoms with Gasteiger partial charge in [-0.15, -0.1) is 0 Å². The predicted octanol–water partition coefficient (Wildman–Crippen LogP) is 5.90. The Balaban J connectivity index is 0. The number of unbranched alkanes of at least 4 members (excludes halogenated alkanes) is 10. The summed E-state index contributed by atoms with van der Waals surface area (Å²) in [5.41, 5.74) is 0. The van der Waals surface area contributed by atoms with E-state index < -0.39 is 5.97 Å². The summed E-state index contributed by atoms with van der Waals surface area (Å²) >= 11 is 0. The fourth-order valence-electron chi connectivity index (χ4n) is 2.26. The third kappa shape index (κ3) is 25.6. The lowest BCUT2D eigenvalue weighted by Gasteiger charge is -2.07.